The molecule has 90 valence electrons. The number of likely N-dealkylation sites (N-methyl/N-ethyl adjacent to an activating group) is 1. The number of hydrogen-bond acceptors (Lipinski definition) is 5. The number of ether oxygens (including phenoxy) is 1. The summed E-state index contributed by atoms with van der Waals surface area (Å²) in [6, 6.07) is 0.460. The lowest BCUT2D eigenvalue weighted by atomic mass is 9.92. The van der Waals surface area contributed by atoms with E-state index >= 15 is 0 Å². The summed E-state index contributed by atoms with van der Waals surface area (Å²) < 4.78 is 10.7. The van der Waals surface area contributed by atoms with Gasteiger partial charge in [-0.25, -0.2) is 0 Å². The Morgan fingerprint density at radius 3 is 2.94 bits per heavy atom. The molecule has 1 aliphatic rings. The molecule has 0 spiro atoms. The topological polar surface area (TPSA) is 60.2 Å². The second-order valence-electron chi connectivity index (χ2n) is 4.26. The summed E-state index contributed by atoms with van der Waals surface area (Å²) in [4.78, 5) is 4.12. The van der Waals surface area contributed by atoms with Crippen LogP contribution in [0.15, 0.2) is 4.52 Å². The van der Waals surface area contributed by atoms with Gasteiger partial charge in [-0.2, -0.15) is 4.98 Å². The zero-order valence-electron chi connectivity index (χ0n) is 9.90. The Morgan fingerprint density at radius 2 is 2.25 bits per heavy atom. The van der Waals surface area contributed by atoms with Crippen LogP contribution in [0.3, 0.4) is 0 Å². The molecule has 1 N–H and O–H groups in total. The smallest absolute Gasteiger partial charge is 0.223 e. The highest BCUT2D eigenvalue weighted by Crippen LogP contribution is 2.21. The molecular weight excluding hydrogens is 206 g/mol. The van der Waals surface area contributed by atoms with Crippen LogP contribution in [0, 0.1) is 6.92 Å². The van der Waals surface area contributed by atoms with E-state index in [1.165, 1.54) is 19.3 Å². The molecule has 0 saturated heterocycles. The normalized spacial score (nSPS) is 25.9. The van der Waals surface area contributed by atoms with Gasteiger partial charge in [0.15, 0.2) is 5.82 Å². The van der Waals surface area contributed by atoms with Gasteiger partial charge in [-0.05, 0) is 19.9 Å². The average Bonchev–Trinajstić information content (AvgIpc) is 2.73. The van der Waals surface area contributed by atoms with Crippen LogP contribution in [0.4, 0.5) is 0 Å². The first-order chi connectivity index (χ1) is 7.79. The molecule has 2 atom stereocenters. The van der Waals surface area contributed by atoms with E-state index in [1.54, 1.807) is 6.92 Å². The highest BCUT2D eigenvalue weighted by Gasteiger charge is 2.24. The SMILES string of the molecule is CNC1CCCCC1OCc1noc(C)n1. The van der Waals surface area contributed by atoms with E-state index in [0.717, 1.165) is 6.42 Å². The summed E-state index contributed by atoms with van der Waals surface area (Å²) in [5.74, 6) is 1.23. The van der Waals surface area contributed by atoms with Crippen LogP contribution >= 0.6 is 0 Å². The van der Waals surface area contributed by atoms with Gasteiger partial charge >= 0.3 is 0 Å². The van der Waals surface area contributed by atoms with Crippen LogP contribution in [-0.4, -0.2) is 29.3 Å². The van der Waals surface area contributed by atoms with E-state index in [2.05, 4.69) is 15.5 Å². The van der Waals surface area contributed by atoms with Gasteiger partial charge in [0.25, 0.3) is 0 Å². The second kappa shape index (κ2) is 5.41. The summed E-state index contributed by atoms with van der Waals surface area (Å²) in [7, 11) is 1.99. The van der Waals surface area contributed by atoms with Crippen LogP contribution in [0.5, 0.6) is 0 Å². The van der Waals surface area contributed by atoms with Crippen LogP contribution in [0.25, 0.3) is 0 Å². The van der Waals surface area contributed by atoms with E-state index in [4.69, 9.17) is 9.26 Å². The van der Waals surface area contributed by atoms with Gasteiger partial charge in [-0.3, -0.25) is 0 Å². The molecule has 1 aromatic heterocycles. The van der Waals surface area contributed by atoms with E-state index in [0.29, 0.717) is 24.4 Å². The lowest BCUT2D eigenvalue weighted by Crippen LogP contribution is -2.41. The molecule has 1 fully saturated rings. The Balaban J connectivity index is 1.84. The monoisotopic (exact) mass is 225 g/mol. The Morgan fingerprint density at radius 1 is 1.44 bits per heavy atom. The van der Waals surface area contributed by atoms with Gasteiger partial charge in [-0.1, -0.05) is 18.0 Å². The molecule has 1 aliphatic carbocycles. The fourth-order valence-corrected chi connectivity index (χ4v) is 2.21. The second-order valence-corrected chi connectivity index (χ2v) is 4.26. The maximum absolute atomic E-state index is 5.84. The fourth-order valence-electron chi connectivity index (χ4n) is 2.21. The van der Waals surface area contributed by atoms with Crippen molar-refractivity contribution in [3.05, 3.63) is 11.7 Å². The quantitative estimate of drug-likeness (QED) is 0.839. The van der Waals surface area contributed by atoms with Gasteiger partial charge in [0.1, 0.15) is 6.61 Å². The Labute approximate surface area is 95.6 Å². The summed E-state index contributed by atoms with van der Waals surface area (Å²) in [6.07, 6.45) is 5.10. The summed E-state index contributed by atoms with van der Waals surface area (Å²) in [5.41, 5.74) is 0. The van der Waals surface area contributed by atoms with Crippen LogP contribution < -0.4 is 5.32 Å². The first-order valence-corrected chi connectivity index (χ1v) is 5.87. The average molecular weight is 225 g/mol. The van der Waals surface area contributed by atoms with E-state index in [-0.39, 0.29) is 6.10 Å². The summed E-state index contributed by atoms with van der Waals surface area (Å²) in [5, 5.41) is 7.13. The molecule has 0 aromatic carbocycles. The maximum Gasteiger partial charge on any atom is 0.223 e. The number of hydrogen-bond donors (Lipinski definition) is 1. The minimum atomic E-state index is 0.276. The lowest BCUT2D eigenvalue weighted by molar-refractivity contribution is -0.00715. The molecule has 1 saturated carbocycles. The first-order valence-electron chi connectivity index (χ1n) is 5.87. The zero-order chi connectivity index (χ0) is 11.4. The van der Waals surface area contributed by atoms with Crippen LogP contribution in [-0.2, 0) is 11.3 Å². The van der Waals surface area contributed by atoms with E-state index in [9.17, 15) is 0 Å². The number of nitrogens with one attached hydrogen (secondary N) is 1. The van der Waals surface area contributed by atoms with Crippen molar-refractivity contribution in [1.29, 1.82) is 0 Å². The highest BCUT2D eigenvalue weighted by atomic mass is 16.5. The first kappa shape index (κ1) is 11.5. The molecule has 1 aromatic rings. The zero-order valence-corrected chi connectivity index (χ0v) is 9.90. The molecule has 5 nitrogen and oxygen atoms in total. The van der Waals surface area contributed by atoms with Crippen molar-refractivity contribution >= 4 is 0 Å². The molecule has 2 rings (SSSR count). The van der Waals surface area contributed by atoms with Crippen molar-refractivity contribution in [2.24, 2.45) is 0 Å². The molecule has 2 unspecified atom stereocenters. The molecule has 5 heteroatoms. The van der Waals surface area contributed by atoms with Gasteiger partial charge in [0.05, 0.1) is 6.10 Å². The van der Waals surface area contributed by atoms with Gasteiger partial charge < -0.3 is 14.6 Å². The molecule has 16 heavy (non-hydrogen) atoms. The summed E-state index contributed by atoms with van der Waals surface area (Å²) >= 11 is 0. The number of aryl methyl sites for hydroxylation is 1. The standard InChI is InChI=1S/C11H19N3O2/c1-8-13-11(14-16-8)7-15-10-6-4-3-5-9(10)12-2/h9-10,12H,3-7H2,1-2H3. The minimum Gasteiger partial charge on any atom is -0.368 e. The molecule has 0 radical (unpaired) electrons. The number of rotatable bonds is 4. The molecule has 0 amide bonds. The van der Waals surface area contributed by atoms with E-state index in [1.807, 2.05) is 7.05 Å². The van der Waals surface area contributed by atoms with Crippen molar-refractivity contribution in [2.45, 2.75) is 51.4 Å². The predicted molar refractivity (Wildman–Crippen MR) is 58.9 cm³/mol. The maximum atomic E-state index is 5.84. The van der Waals surface area contributed by atoms with Crippen molar-refractivity contribution in [3.8, 4) is 0 Å². The number of nitrogens with zero attached hydrogens (tertiary/aromatic N) is 2. The Kier molecular flexibility index (Phi) is 3.90. The van der Waals surface area contributed by atoms with E-state index < -0.39 is 0 Å². The van der Waals surface area contributed by atoms with Crippen molar-refractivity contribution in [2.75, 3.05) is 7.05 Å². The lowest BCUT2D eigenvalue weighted by Gasteiger charge is -2.30. The molecule has 1 heterocycles. The minimum absolute atomic E-state index is 0.276. The Hall–Kier alpha value is -0.940. The third-order valence-corrected chi connectivity index (χ3v) is 3.07. The van der Waals surface area contributed by atoms with Gasteiger partial charge in [0.2, 0.25) is 5.89 Å². The highest BCUT2D eigenvalue weighted by molar-refractivity contribution is 4.84. The third kappa shape index (κ3) is 2.80. The third-order valence-electron chi connectivity index (χ3n) is 3.07. The molecule has 0 aliphatic heterocycles. The van der Waals surface area contributed by atoms with Crippen molar-refractivity contribution in [1.82, 2.24) is 15.5 Å². The van der Waals surface area contributed by atoms with Crippen molar-refractivity contribution < 1.29 is 9.26 Å². The van der Waals surface area contributed by atoms with Crippen LogP contribution in [0.2, 0.25) is 0 Å². The predicted octanol–water partition coefficient (Wildman–Crippen LogP) is 1.43. The number of aromatic nitrogens is 2. The molecular formula is C11H19N3O2. The fraction of sp³-hybridized carbons (Fsp3) is 0.818. The van der Waals surface area contributed by atoms with Gasteiger partial charge in [0, 0.05) is 13.0 Å². The van der Waals surface area contributed by atoms with Crippen LogP contribution in [0.1, 0.15) is 37.4 Å². The van der Waals surface area contributed by atoms with Gasteiger partial charge in [-0.15, -0.1) is 0 Å². The Bertz CT molecular complexity index is 327. The summed E-state index contributed by atoms with van der Waals surface area (Å²) in [6.45, 7) is 2.23. The largest absolute Gasteiger partial charge is 0.368 e. The molecule has 0 bridgehead atoms. The van der Waals surface area contributed by atoms with Crippen molar-refractivity contribution in [3.63, 3.8) is 0 Å².